The van der Waals surface area contributed by atoms with Gasteiger partial charge in [0.15, 0.2) is 5.96 Å². The molecule has 0 radical (unpaired) electrons. The minimum atomic E-state index is 0. The lowest BCUT2D eigenvalue weighted by molar-refractivity contribution is 0.271. The summed E-state index contributed by atoms with van der Waals surface area (Å²) in [5, 5.41) is 0. The molecule has 0 saturated carbocycles. The first kappa shape index (κ1) is 20.0. The third-order valence-electron chi connectivity index (χ3n) is 2.99. The van der Waals surface area contributed by atoms with E-state index in [4.69, 9.17) is 10.5 Å². The number of nitrogens with zero attached hydrogens (tertiary/aromatic N) is 2. The Kier molecular flexibility index (Phi) is 10.2. The van der Waals surface area contributed by atoms with Crippen LogP contribution >= 0.6 is 24.0 Å². The number of halogens is 1. The maximum absolute atomic E-state index is 5.97. The second kappa shape index (κ2) is 10.7. The van der Waals surface area contributed by atoms with Gasteiger partial charge in [-0.05, 0) is 37.5 Å². The third-order valence-corrected chi connectivity index (χ3v) is 2.99. The van der Waals surface area contributed by atoms with Crippen LogP contribution in [0, 0.1) is 5.92 Å². The number of benzene rings is 1. The number of hydrogen-bond donors (Lipinski definition) is 1. The van der Waals surface area contributed by atoms with E-state index >= 15 is 0 Å². The van der Waals surface area contributed by atoms with Crippen molar-refractivity contribution in [2.75, 3.05) is 19.7 Å². The molecule has 0 fully saturated rings. The Morgan fingerprint density at radius 3 is 2.52 bits per heavy atom. The van der Waals surface area contributed by atoms with Crippen molar-refractivity contribution in [3.63, 3.8) is 0 Å². The number of aliphatic imine (C=N–C) groups is 1. The Labute approximate surface area is 145 Å². The van der Waals surface area contributed by atoms with Gasteiger partial charge in [-0.15, -0.1) is 24.0 Å². The average molecular weight is 405 g/mol. The van der Waals surface area contributed by atoms with Crippen molar-refractivity contribution in [3.8, 4) is 5.75 Å². The molecule has 0 amide bonds. The summed E-state index contributed by atoms with van der Waals surface area (Å²) in [6.07, 6.45) is 0. The van der Waals surface area contributed by atoms with Crippen LogP contribution in [-0.4, -0.2) is 30.6 Å². The topological polar surface area (TPSA) is 50.8 Å². The quantitative estimate of drug-likeness (QED) is 0.429. The molecular weight excluding hydrogens is 377 g/mol. The molecule has 0 atom stereocenters. The SMILES string of the molecule is CCN(CC)C(N)=NCc1cccc(OCC(C)C)c1.I. The second-order valence-electron chi connectivity index (χ2n) is 5.20. The van der Waals surface area contributed by atoms with Gasteiger partial charge in [0, 0.05) is 13.1 Å². The molecule has 0 heterocycles. The van der Waals surface area contributed by atoms with Crippen molar-refractivity contribution in [1.82, 2.24) is 4.90 Å². The Bertz CT molecular complexity index is 431. The normalized spacial score (nSPS) is 11.2. The number of hydrogen-bond acceptors (Lipinski definition) is 2. The summed E-state index contributed by atoms with van der Waals surface area (Å²) < 4.78 is 5.71. The van der Waals surface area contributed by atoms with Crippen LogP contribution in [0.2, 0.25) is 0 Å². The van der Waals surface area contributed by atoms with Gasteiger partial charge in [0.05, 0.1) is 13.2 Å². The zero-order valence-corrected chi connectivity index (χ0v) is 15.8. The summed E-state index contributed by atoms with van der Waals surface area (Å²) in [4.78, 5) is 6.48. The molecule has 1 rings (SSSR count). The first-order valence-electron chi connectivity index (χ1n) is 7.33. The van der Waals surface area contributed by atoms with Crippen molar-refractivity contribution in [3.05, 3.63) is 29.8 Å². The average Bonchev–Trinajstić information content (AvgIpc) is 2.44. The molecule has 1 aromatic carbocycles. The lowest BCUT2D eigenvalue weighted by atomic mass is 10.2. The molecule has 5 heteroatoms. The Balaban J connectivity index is 0.00000400. The van der Waals surface area contributed by atoms with Crippen LogP contribution in [0.15, 0.2) is 29.3 Å². The second-order valence-corrected chi connectivity index (χ2v) is 5.20. The molecule has 0 aliphatic carbocycles. The van der Waals surface area contributed by atoms with Crippen LogP contribution in [0.3, 0.4) is 0 Å². The standard InChI is InChI=1S/C16H27N3O.HI/c1-5-19(6-2)16(17)18-11-14-8-7-9-15(10-14)20-12-13(3)4;/h7-10,13H,5-6,11-12H2,1-4H3,(H2,17,18);1H. The van der Waals surface area contributed by atoms with Gasteiger partial charge in [-0.1, -0.05) is 26.0 Å². The molecule has 21 heavy (non-hydrogen) atoms. The van der Waals surface area contributed by atoms with E-state index in [1.54, 1.807) is 0 Å². The molecule has 0 saturated heterocycles. The fourth-order valence-electron chi connectivity index (χ4n) is 1.82. The van der Waals surface area contributed by atoms with Crippen molar-refractivity contribution in [1.29, 1.82) is 0 Å². The van der Waals surface area contributed by atoms with Crippen LogP contribution in [0.1, 0.15) is 33.3 Å². The maximum Gasteiger partial charge on any atom is 0.191 e. The molecule has 120 valence electrons. The fraction of sp³-hybridized carbons (Fsp3) is 0.562. The first-order chi connectivity index (χ1) is 9.56. The predicted octanol–water partition coefficient (Wildman–Crippen LogP) is 3.50. The van der Waals surface area contributed by atoms with E-state index in [2.05, 4.69) is 32.7 Å². The molecule has 0 aromatic heterocycles. The lowest BCUT2D eigenvalue weighted by Crippen LogP contribution is -2.37. The number of guanidine groups is 1. The van der Waals surface area contributed by atoms with E-state index < -0.39 is 0 Å². The Morgan fingerprint density at radius 2 is 1.95 bits per heavy atom. The Hall–Kier alpha value is -0.980. The largest absolute Gasteiger partial charge is 0.493 e. The fourth-order valence-corrected chi connectivity index (χ4v) is 1.82. The number of ether oxygens (including phenoxy) is 1. The summed E-state index contributed by atoms with van der Waals surface area (Å²) in [5.74, 6) is 2.02. The first-order valence-corrected chi connectivity index (χ1v) is 7.33. The highest BCUT2D eigenvalue weighted by atomic mass is 127. The molecule has 4 nitrogen and oxygen atoms in total. The zero-order chi connectivity index (χ0) is 15.0. The van der Waals surface area contributed by atoms with Crippen molar-refractivity contribution >= 4 is 29.9 Å². The minimum absolute atomic E-state index is 0. The zero-order valence-electron chi connectivity index (χ0n) is 13.5. The van der Waals surface area contributed by atoms with Crippen LogP contribution in [0.5, 0.6) is 5.75 Å². The van der Waals surface area contributed by atoms with Gasteiger partial charge < -0.3 is 15.4 Å². The van der Waals surface area contributed by atoms with Crippen LogP contribution < -0.4 is 10.5 Å². The smallest absolute Gasteiger partial charge is 0.191 e. The monoisotopic (exact) mass is 405 g/mol. The van der Waals surface area contributed by atoms with Crippen molar-refractivity contribution < 1.29 is 4.74 Å². The molecule has 2 N–H and O–H groups in total. The Morgan fingerprint density at radius 1 is 1.29 bits per heavy atom. The summed E-state index contributed by atoms with van der Waals surface area (Å²) in [7, 11) is 0. The molecule has 0 spiro atoms. The molecule has 1 aromatic rings. The van der Waals surface area contributed by atoms with Gasteiger partial charge in [-0.25, -0.2) is 4.99 Å². The molecular formula is C16H28IN3O. The molecule has 0 aliphatic rings. The van der Waals surface area contributed by atoms with Gasteiger partial charge in [-0.2, -0.15) is 0 Å². The van der Waals surface area contributed by atoms with Gasteiger partial charge in [0.1, 0.15) is 5.75 Å². The lowest BCUT2D eigenvalue weighted by Gasteiger charge is -2.19. The van der Waals surface area contributed by atoms with E-state index in [1.165, 1.54) is 0 Å². The number of nitrogens with two attached hydrogens (primary N) is 1. The van der Waals surface area contributed by atoms with E-state index in [-0.39, 0.29) is 24.0 Å². The van der Waals surface area contributed by atoms with Gasteiger partial charge >= 0.3 is 0 Å². The summed E-state index contributed by atoms with van der Waals surface area (Å²) >= 11 is 0. The summed E-state index contributed by atoms with van der Waals surface area (Å²) in [6, 6.07) is 8.04. The summed E-state index contributed by atoms with van der Waals surface area (Å²) in [5.41, 5.74) is 7.08. The van der Waals surface area contributed by atoms with Crippen LogP contribution in [-0.2, 0) is 6.54 Å². The van der Waals surface area contributed by atoms with E-state index in [0.29, 0.717) is 18.4 Å². The minimum Gasteiger partial charge on any atom is -0.493 e. The van der Waals surface area contributed by atoms with Crippen LogP contribution in [0.25, 0.3) is 0 Å². The third kappa shape index (κ3) is 7.55. The van der Waals surface area contributed by atoms with Gasteiger partial charge in [0.2, 0.25) is 0 Å². The predicted molar refractivity (Wildman–Crippen MR) is 100 cm³/mol. The molecule has 0 aliphatic heterocycles. The highest BCUT2D eigenvalue weighted by Gasteiger charge is 2.03. The van der Waals surface area contributed by atoms with E-state index in [0.717, 1.165) is 31.0 Å². The highest BCUT2D eigenvalue weighted by Crippen LogP contribution is 2.15. The van der Waals surface area contributed by atoms with Crippen molar-refractivity contribution in [2.24, 2.45) is 16.6 Å². The van der Waals surface area contributed by atoms with E-state index in [1.807, 2.05) is 29.2 Å². The maximum atomic E-state index is 5.97. The summed E-state index contributed by atoms with van der Waals surface area (Å²) in [6.45, 7) is 11.5. The van der Waals surface area contributed by atoms with Gasteiger partial charge in [0.25, 0.3) is 0 Å². The van der Waals surface area contributed by atoms with Gasteiger partial charge in [-0.3, -0.25) is 0 Å². The van der Waals surface area contributed by atoms with Crippen LogP contribution in [0.4, 0.5) is 0 Å². The van der Waals surface area contributed by atoms with E-state index in [9.17, 15) is 0 Å². The van der Waals surface area contributed by atoms with Crippen molar-refractivity contribution in [2.45, 2.75) is 34.2 Å². The molecule has 0 unspecified atom stereocenters. The number of rotatable bonds is 7. The highest BCUT2D eigenvalue weighted by molar-refractivity contribution is 14.0. The molecule has 0 bridgehead atoms.